The molecule has 0 saturated heterocycles. The number of anilines is 2. The van der Waals surface area contributed by atoms with Crippen LogP contribution in [0.2, 0.25) is 5.02 Å². The second kappa shape index (κ2) is 8.58. The van der Waals surface area contributed by atoms with Crippen LogP contribution in [0.15, 0.2) is 30.3 Å². The summed E-state index contributed by atoms with van der Waals surface area (Å²) in [6.07, 6.45) is 0.375. The van der Waals surface area contributed by atoms with Crippen molar-refractivity contribution in [1.29, 1.82) is 0 Å². The fourth-order valence-electron chi connectivity index (χ4n) is 2.33. The van der Waals surface area contributed by atoms with E-state index in [0.717, 1.165) is 5.56 Å². The Hall–Kier alpha value is -2.73. The molecule has 2 amide bonds. The van der Waals surface area contributed by atoms with Crippen molar-refractivity contribution in [3.63, 3.8) is 0 Å². The third kappa shape index (κ3) is 4.46. The van der Waals surface area contributed by atoms with Crippen molar-refractivity contribution < 1.29 is 19.1 Å². The Balaban J connectivity index is 2.28. The first-order chi connectivity index (χ1) is 12.4. The molecule has 6 nitrogen and oxygen atoms in total. The number of carbonyl (C=O) groups is 2. The monoisotopic (exact) mass is 376 g/mol. The second-order valence-electron chi connectivity index (χ2n) is 5.58. The van der Waals surface area contributed by atoms with Crippen LogP contribution in [-0.4, -0.2) is 26.0 Å². The highest BCUT2D eigenvalue weighted by Gasteiger charge is 2.16. The zero-order chi connectivity index (χ0) is 19.3. The summed E-state index contributed by atoms with van der Waals surface area (Å²) in [5, 5.41) is 5.87. The number of amides is 2. The maximum absolute atomic E-state index is 12.6. The molecule has 7 heteroatoms. The van der Waals surface area contributed by atoms with Crippen LogP contribution in [0.3, 0.4) is 0 Å². The molecule has 0 saturated carbocycles. The molecule has 2 rings (SSSR count). The number of ether oxygens (including phenoxy) is 2. The van der Waals surface area contributed by atoms with Crippen LogP contribution in [0.25, 0.3) is 0 Å². The second-order valence-corrected chi connectivity index (χ2v) is 5.99. The van der Waals surface area contributed by atoms with Gasteiger partial charge in [-0.2, -0.15) is 0 Å². The van der Waals surface area contributed by atoms with Crippen molar-refractivity contribution in [2.24, 2.45) is 0 Å². The molecule has 0 spiro atoms. The molecule has 0 aliphatic rings. The van der Waals surface area contributed by atoms with E-state index in [-0.39, 0.29) is 16.8 Å². The van der Waals surface area contributed by atoms with Gasteiger partial charge in [-0.25, -0.2) is 0 Å². The van der Waals surface area contributed by atoms with Crippen molar-refractivity contribution in [2.45, 2.75) is 20.3 Å². The molecule has 26 heavy (non-hydrogen) atoms. The standard InChI is InChI=1S/C19H21ClN2O4/c1-5-17(23)21-13-7-6-11(2)15(10-13)22-19(24)12-8-14(20)18(26-4)16(9-12)25-3/h6-10H,5H2,1-4H3,(H,21,23)(H,22,24). The Morgan fingerprint density at radius 3 is 2.42 bits per heavy atom. The highest BCUT2D eigenvalue weighted by molar-refractivity contribution is 6.32. The van der Waals surface area contributed by atoms with E-state index in [1.807, 2.05) is 13.0 Å². The minimum atomic E-state index is -0.352. The number of carbonyl (C=O) groups excluding carboxylic acids is 2. The average Bonchev–Trinajstić information content (AvgIpc) is 2.63. The van der Waals surface area contributed by atoms with E-state index in [2.05, 4.69) is 10.6 Å². The van der Waals surface area contributed by atoms with Gasteiger partial charge in [-0.05, 0) is 36.8 Å². The maximum atomic E-state index is 12.6. The molecule has 0 unspecified atom stereocenters. The average molecular weight is 377 g/mol. The first kappa shape index (κ1) is 19.6. The van der Waals surface area contributed by atoms with Crippen molar-refractivity contribution in [3.8, 4) is 11.5 Å². The van der Waals surface area contributed by atoms with E-state index < -0.39 is 0 Å². The van der Waals surface area contributed by atoms with Gasteiger partial charge >= 0.3 is 0 Å². The zero-order valence-corrected chi connectivity index (χ0v) is 15.9. The number of aryl methyl sites for hydroxylation is 1. The summed E-state index contributed by atoms with van der Waals surface area (Å²) in [5.74, 6) is 0.282. The Kier molecular flexibility index (Phi) is 6.46. The minimum Gasteiger partial charge on any atom is -0.493 e. The number of hydrogen-bond acceptors (Lipinski definition) is 4. The van der Waals surface area contributed by atoms with Gasteiger partial charge in [-0.1, -0.05) is 24.6 Å². The molecular formula is C19H21ClN2O4. The van der Waals surface area contributed by atoms with Gasteiger partial charge in [-0.3, -0.25) is 9.59 Å². The summed E-state index contributed by atoms with van der Waals surface area (Å²) < 4.78 is 10.4. The summed E-state index contributed by atoms with van der Waals surface area (Å²) in [4.78, 5) is 24.2. The first-order valence-corrected chi connectivity index (χ1v) is 8.40. The number of methoxy groups -OCH3 is 2. The van der Waals surface area contributed by atoms with Gasteiger partial charge < -0.3 is 20.1 Å². The molecule has 0 heterocycles. The fraction of sp³-hybridized carbons (Fsp3) is 0.263. The van der Waals surface area contributed by atoms with Crippen LogP contribution in [0.5, 0.6) is 11.5 Å². The Bertz CT molecular complexity index is 837. The van der Waals surface area contributed by atoms with Gasteiger partial charge in [-0.15, -0.1) is 0 Å². The van der Waals surface area contributed by atoms with Gasteiger partial charge in [0.05, 0.1) is 19.2 Å². The molecule has 0 radical (unpaired) electrons. The molecular weight excluding hydrogens is 356 g/mol. The number of hydrogen-bond donors (Lipinski definition) is 2. The minimum absolute atomic E-state index is 0.0993. The highest BCUT2D eigenvalue weighted by Crippen LogP contribution is 2.36. The van der Waals surface area contributed by atoms with Crippen molar-refractivity contribution in [3.05, 3.63) is 46.5 Å². The van der Waals surface area contributed by atoms with E-state index in [1.165, 1.54) is 20.3 Å². The lowest BCUT2D eigenvalue weighted by atomic mass is 10.1. The molecule has 0 fully saturated rings. The van der Waals surface area contributed by atoms with Gasteiger partial charge in [0.1, 0.15) is 0 Å². The Morgan fingerprint density at radius 1 is 1.08 bits per heavy atom. The quantitative estimate of drug-likeness (QED) is 0.789. The SMILES string of the molecule is CCC(=O)Nc1ccc(C)c(NC(=O)c2cc(Cl)c(OC)c(OC)c2)c1. The summed E-state index contributed by atoms with van der Waals surface area (Å²) >= 11 is 6.16. The number of nitrogens with one attached hydrogen (secondary N) is 2. The van der Waals surface area contributed by atoms with E-state index in [0.29, 0.717) is 34.9 Å². The third-order valence-corrected chi connectivity index (χ3v) is 4.07. The zero-order valence-electron chi connectivity index (χ0n) is 15.1. The lowest BCUT2D eigenvalue weighted by molar-refractivity contribution is -0.115. The molecule has 0 aliphatic heterocycles. The number of halogens is 1. The fourth-order valence-corrected chi connectivity index (χ4v) is 2.62. The highest BCUT2D eigenvalue weighted by atomic mass is 35.5. The van der Waals surface area contributed by atoms with Gasteiger partial charge in [0.2, 0.25) is 5.91 Å². The van der Waals surface area contributed by atoms with Crippen LogP contribution >= 0.6 is 11.6 Å². The van der Waals surface area contributed by atoms with E-state index in [4.69, 9.17) is 21.1 Å². The molecule has 0 aliphatic carbocycles. The van der Waals surface area contributed by atoms with Crippen molar-refractivity contribution >= 4 is 34.8 Å². The molecule has 2 aromatic rings. The van der Waals surface area contributed by atoms with Crippen LogP contribution in [0.1, 0.15) is 29.3 Å². The summed E-state index contributed by atoms with van der Waals surface area (Å²) in [6, 6.07) is 8.38. The smallest absolute Gasteiger partial charge is 0.255 e. The Labute approximate surface area is 157 Å². The predicted molar refractivity (Wildman–Crippen MR) is 103 cm³/mol. The molecule has 0 atom stereocenters. The maximum Gasteiger partial charge on any atom is 0.255 e. The number of rotatable bonds is 6. The van der Waals surface area contributed by atoms with E-state index >= 15 is 0 Å². The lowest BCUT2D eigenvalue weighted by Gasteiger charge is -2.14. The summed E-state index contributed by atoms with van der Waals surface area (Å²) in [6.45, 7) is 3.63. The van der Waals surface area contributed by atoms with Gasteiger partial charge in [0.15, 0.2) is 11.5 Å². The van der Waals surface area contributed by atoms with Crippen molar-refractivity contribution in [1.82, 2.24) is 0 Å². The normalized spacial score (nSPS) is 10.2. The summed E-state index contributed by atoms with van der Waals surface area (Å²) in [7, 11) is 2.95. The first-order valence-electron chi connectivity index (χ1n) is 8.03. The van der Waals surface area contributed by atoms with E-state index in [1.54, 1.807) is 25.1 Å². The summed E-state index contributed by atoms with van der Waals surface area (Å²) in [5.41, 5.74) is 2.40. The number of benzene rings is 2. The topological polar surface area (TPSA) is 76.7 Å². The predicted octanol–water partition coefficient (Wildman–Crippen LogP) is 4.27. The van der Waals surface area contributed by atoms with Crippen LogP contribution in [0, 0.1) is 6.92 Å². The molecule has 0 aromatic heterocycles. The van der Waals surface area contributed by atoms with Gasteiger partial charge in [0, 0.05) is 23.4 Å². The van der Waals surface area contributed by atoms with Crippen LogP contribution in [0.4, 0.5) is 11.4 Å². The van der Waals surface area contributed by atoms with Gasteiger partial charge in [0.25, 0.3) is 5.91 Å². The molecule has 2 aromatic carbocycles. The van der Waals surface area contributed by atoms with Crippen LogP contribution < -0.4 is 20.1 Å². The Morgan fingerprint density at radius 2 is 1.81 bits per heavy atom. The largest absolute Gasteiger partial charge is 0.493 e. The molecule has 138 valence electrons. The van der Waals surface area contributed by atoms with Crippen molar-refractivity contribution in [2.75, 3.05) is 24.9 Å². The molecule has 2 N–H and O–H groups in total. The molecule has 0 bridgehead atoms. The van der Waals surface area contributed by atoms with Crippen LogP contribution in [-0.2, 0) is 4.79 Å². The lowest BCUT2D eigenvalue weighted by Crippen LogP contribution is -2.14. The third-order valence-electron chi connectivity index (χ3n) is 3.79. The van der Waals surface area contributed by atoms with E-state index in [9.17, 15) is 9.59 Å².